The van der Waals surface area contributed by atoms with Crippen LogP contribution in [0.1, 0.15) is 57.2 Å². The Morgan fingerprint density at radius 2 is 1.78 bits per heavy atom. The maximum Gasteiger partial charge on any atom is 0.240 e. The molecule has 9 nitrogen and oxygen atoms in total. The first-order chi connectivity index (χ1) is 17.6. The zero-order valence-electron chi connectivity index (χ0n) is 22.1. The highest BCUT2D eigenvalue weighted by atomic mass is 32.2. The van der Waals surface area contributed by atoms with Gasteiger partial charge >= 0.3 is 0 Å². The summed E-state index contributed by atoms with van der Waals surface area (Å²) in [5, 5.41) is 14.6. The van der Waals surface area contributed by atoms with Gasteiger partial charge in [0, 0.05) is 37.6 Å². The fourth-order valence-corrected chi connectivity index (χ4v) is 5.44. The van der Waals surface area contributed by atoms with Crippen LogP contribution in [0.15, 0.2) is 45.9 Å². The van der Waals surface area contributed by atoms with Crippen molar-refractivity contribution >= 4 is 15.8 Å². The van der Waals surface area contributed by atoms with Crippen molar-refractivity contribution < 1.29 is 22.8 Å². The normalized spacial score (nSPS) is 15.2. The molecular formula is C27H38N4O5S. The number of nitrogens with zero attached hydrogens (tertiary/aromatic N) is 2. The van der Waals surface area contributed by atoms with E-state index in [4.69, 9.17) is 15.0 Å². The smallest absolute Gasteiger partial charge is 0.240 e. The maximum atomic E-state index is 13.0. The van der Waals surface area contributed by atoms with E-state index in [1.54, 1.807) is 30.5 Å². The minimum atomic E-state index is -3.80. The standard InChI is InChI=1S/C23H28N4O4S.C4H10O/c1-15-6-7-18(32(29,30)26-14-23(28)8-4-3-5-9-23)12-19(15)17-11-20(22(24)25-13-17)21-10-16(2)27-31-21;1-3-5-4-2/h6-7,10-13,26,28H,3-5,8-9,14H2,1-2H3,(H2,24,25);3-4H2,1-2H3. The van der Waals surface area contributed by atoms with Gasteiger partial charge in [-0.05, 0) is 69.9 Å². The molecule has 3 aromatic rings. The molecule has 0 unspecified atom stereocenters. The molecule has 1 fully saturated rings. The molecule has 0 atom stereocenters. The van der Waals surface area contributed by atoms with Crippen molar-refractivity contribution in [1.82, 2.24) is 14.9 Å². The first-order valence-corrected chi connectivity index (χ1v) is 14.2. The van der Waals surface area contributed by atoms with Crippen molar-refractivity contribution in [2.24, 2.45) is 0 Å². The number of nitrogens with one attached hydrogen (secondary N) is 1. The van der Waals surface area contributed by atoms with Gasteiger partial charge in [-0.1, -0.05) is 30.5 Å². The second-order valence-corrected chi connectivity index (χ2v) is 11.1. The van der Waals surface area contributed by atoms with E-state index in [-0.39, 0.29) is 11.4 Å². The van der Waals surface area contributed by atoms with Crippen molar-refractivity contribution in [3.8, 4) is 22.5 Å². The molecule has 202 valence electrons. The molecule has 4 N–H and O–H groups in total. The molecule has 10 heteroatoms. The third kappa shape index (κ3) is 7.61. The molecule has 0 aliphatic heterocycles. The van der Waals surface area contributed by atoms with E-state index < -0.39 is 15.6 Å². The van der Waals surface area contributed by atoms with Gasteiger partial charge in [0.2, 0.25) is 10.0 Å². The van der Waals surface area contributed by atoms with Crippen LogP contribution in [0.2, 0.25) is 0 Å². The number of nitrogen functional groups attached to an aromatic ring is 1. The first kappa shape index (κ1) is 28.8. The summed E-state index contributed by atoms with van der Waals surface area (Å²) < 4.78 is 38.7. The van der Waals surface area contributed by atoms with E-state index in [9.17, 15) is 13.5 Å². The highest BCUT2D eigenvalue weighted by Gasteiger charge is 2.31. The molecule has 1 aromatic carbocycles. The van der Waals surface area contributed by atoms with Crippen LogP contribution in [0.5, 0.6) is 0 Å². The lowest BCUT2D eigenvalue weighted by atomic mass is 9.85. The van der Waals surface area contributed by atoms with Gasteiger partial charge in [0.25, 0.3) is 0 Å². The number of hydrogen-bond acceptors (Lipinski definition) is 8. The van der Waals surface area contributed by atoms with E-state index >= 15 is 0 Å². The predicted molar refractivity (Wildman–Crippen MR) is 144 cm³/mol. The van der Waals surface area contributed by atoms with Crippen molar-refractivity contribution in [2.75, 3.05) is 25.5 Å². The van der Waals surface area contributed by atoms with Crippen LogP contribution in [-0.4, -0.2) is 49.0 Å². The summed E-state index contributed by atoms with van der Waals surface area (Å²) in [6.07, 6.45) is 5.71. The molecule has 0 radical (unpaired) electrons. The molecule has 0 saturated heterocycles. The van der Waals surface area contributed by atoms with Crippen LogP contribution < -0.4 is 10.5 Å². The van der Waals surface area contributed by atoms with Gasteiger partial charge in [-0.2, -0.15) is 0 Å². The molecule has 0 amide bonds. The summed E-state index contributed by atoms with van der Waals surface area (Å²) in [6, 6.07) is 8.53. The van der Waals surface area contributed by atoms with Crippen molar-refractivity contribution in [3.63, 3.8) is 0 Å². The van der Waals surface area contributed by atoms with Crippen molar-refractivity contribution in [3.05, 3.63) is 47.8 Å². The molecule has 37 heavy (non-hydrogen) atoms. The lowest BCUT2D eigenvalue weighted by molar-refractivity contribution is 0.00945. The third-order valence-electron chi connectivity index (χ3n) is 6.43. The molecule has 0 spiro atoms. The molecule has 1 aliphatic carbocycles. The lowest BCUT2D eigenvalue weighted by Gasteiger charge is -2.32. The van der Waals surface area contributed by atoms with Crippen LogP contribution in [0.4, 0.5) is 5.82 Å². The highest BCUT2D eigenvalue weighted by molar-refractivity contribution is 7.89. The number of pyridine rings is 1. The number of ether oxygens (including phenoxy) is 1. The first-order valence-electron chi connectivity index (χ1n) is 12.7. The van der Waals surface area contributed by atoms with E-state index in [2.05, 4.69) is 14.9 Å². The monoisotopic (exact) mass is 530 g/mol. The molecule has 0 bridgehead atoms. The van der Waals surface area contributed by atoms with Crippen LogP contribution in [0.25, 0.3) is 22.5 Å². The zero-order valence-corrected chi connectivity index (χ0v) is 22.9. The molecule has 2 heterocycles. The third-order valence-corrected chi connectivity index (χ3v) is 7.82. The number of benzene rings is 1. The van der Waals surface area contributed by atoms with E-state index in [1.165, 1.54) is 0 Å². The van der Waals surface area contributed by atoms with Gasteiger partial charge in [0.05, 0.1) is 21.8 Å². The number of nitrogens with two attached hydrogens (primary N) is 1. The maximum absolute atomic E-state index is 13.0. The van der Waals surface area contributed by atoms with Crippen molar-refractivity contribution in [2.45, 2.75) is 70.3 Å². The topological polar surface area (TPSA) is 141 Å². The second kappa shape index (κ2) is 12.6. The van der Waals surface area contributed by atoms with E-state index in [0.717, 1.165) is 43.7 Å². The fourth-order valence-electron chi connectivity index (χ4n) is 4.29. The zero-order chi connectivity index (χ0) is 27.1. The Labute approximate surface area is 219 Å². The second-order valence-electron chi connectivity index (χ2n) is 9.36. The minimum Gasteiger partial charge on any atom is -0.389 e. The van der Waals surface area contributed by atoms with Gasteiger partial charge in [0.15, 0.2) is 5.76 Å². The molecule has 4 rings (SSSR count). The van der Waals surface area contributed by atoms with Crippen LogP contribution >= 0.6 is 0 Å². The van der Waals surface area contributed by atoms with Crippen molar-refractivity contribution in [1.29, 1.82) is 0 Å². The highest BCUT2D eigenvalue weighted by Crippen LogP contribution is 2.33. The number of aliphatic hydroxyl groups is 1. The largest absolute Gasteiger partial charge is 0.389 e. The van der Waals surface area contributed by atoms with Gasteiger partial charge in [-0.3, -0.25) is 0 Å². The van der Waals surface area contributed by atoms with E-state index in [0.29, 0.717) is 41.1 Å². The average molecular weight is 531 g/mol. The van der Waals surface area contributed by atoms with Crippen LogP contribution in [0, 0.1) is 13.8 Å². The number of aromatic nitrogens is 2. The number of hydrogen-bond donors (Lipinski definition) is 3. The quantitative estimate of drug-likeness (QED) is 0.383. The number of rotatable bonds is 8. The molecule has 1 saturated carbocycles. The van der Waals surface area contributed by atoms with E-state index in [1.807, 2.05) is 33.8 Å². The summed E-state index contributed by atoms with van der Waals surface area (Å²) >= 11 is 0. The number of anilines is 1. The molecule has 2 aromatic heterocycles. The summed E-state index contributed by atoms with van der Waals surface area (Å²) in [5.41, 5.74) is 8.69. The lowest BCUT2D eigenvalue weighted by Crippen LogP contribution is -2.44. The van der Waals surface area contributed by atoms with Gasteiger partial charge in [0.1, 0.15) is 5.82 Å². The summed E-state index contributed by atoms with van der Waals surface area (Å²) in [6.45, 7) is 9.39. The predicted octanol–water partition coefficient (Wildman–Crippen LogP) is 4.62. The van der Waals surface area contributed by atoms with Gasteiger partial charge < -0.3 is 20.1 Å². The number of aryl methyl sites for hydroxylation is 2. The van der Waals surface area contributed by atoms with Gasteiger partial charge in [-0.25, -0.2) is 18.1 Å². The minimum absolute atomic E-state index is 0.0109. The summed E-state index contributed by atoms with van der Waals surface area (Å²) in [4.78, 5) is 4.40. The Hall–Kier alpha value is -2.79. The van der Waals surface area contributed by atoms with Crippen LogP contribution in [-0.2, 0) is 14.8 Å². The summed E-state index contributed by atoms with van der Waals surface area (Å²) in [5.74, 6) is 0.798. The van der Waals surface area contributed by atoms with Gasteiger partial charge in [-0.15, -0.1) is 0 Å². The number of sulfonamides is 1. The summed E-state index contributed by atoms with van der Waals surface area (Å²) in [7, 11) is -3.80. The Kier molecular flexibility index (Phi) is 9.83. The molecule has 1 aliphatic rings. The fraction of sp³-hybridized carbons (Fsp3) is 0.481. The van der Waals surface area contributed by atoms with Crippen LogP contribution in [0.3, 0.4) is 0 Å². The Morgan fingerprint density at radius 3 is 2.38 bits per heavy atom. The Balaban J connectivity index is 0.000000695. The SMILES string of the molecule is CCOCC.Cc1cc(-c2cc(-c3cc(S(=O)(=O)NCC4(O)CCCCC4)ccc3C)cnc2N)on1. The Bertz CT molecular complexity index is 1280. The average Bonchev–Trinajstić information content (AvgIpc) is 3.31. The molecular weight excluding hydrogens is 492 g/mol. The Morgan fingerprint density at radius 1 is 1.08 bits per heavy atom.